The molecule has 1 N–H and O–H groups in total. The van der Waals surface area contributed by atoms with E-state index >= 15 is 0 Å². The molecule has 1 aliphatic carbocycles. The summed E-state index contributed by atoms with van der Waals surface area (Å²) in [7, 11) is 0. The molecule has 0 radical (unpaired) electrons. The maximum absolute atomic E-state index is 12.5. The quantitative estimate of drug-likeness (QED) is 0.633. The molecule has 128 valence electrons. The van der Waals surface area contributed by atoms with E-state index in [1.54, 1.807) is 0 Å². The Bertz CT molecular complexity index is 554. The highest BCUT2D eigenvalue weighted by atomic mass is 32.2. The van der Waals surface area contributed by atoms with Crippen LogP contribution in [0.1, 0.15) is 23.5 Å². The van der Waals surface area contributed by atoms with E-state index in [1.165, 1.54) is 12.1 Å². The second-order valence-corrected chi connectivity index (χ2v) is 6.31. The lowest BCUT2D eigenvalue weighted by Gasteiger charge is -2.08. The van der Waals surface area contributed by atoms with Gasteiger partial charge in [0.1, 0.15) is 0 Å². The van der Waals surface area contributed by atoms with Gasteiger partial charge in [-0.1, -0.05) is 12.1 Å². The van der Waals surface area contributed by atoms with Crippen molar-refractivity contribution >= 4 is 17.7 Å². The zero-order valence-corrected chi connectivity index (χ0v) is 12.5. The van der Waals surface area contributed by atoms with Gasteiger partial charge in [0.2, 0.25) is 5.91 Å². The summed E-state index contributed by atoms with van der Waals surface area (Å²) in [6, 6.07) is 4.59. The third-order valence-electron chi connectivity index (χ3n) is 3.46. The Balaban J connectivity index is 1.79. The zero-order chi connectivity index (χ0) is 17.3. The predicted octanol–water partition coefficient (Wildman–Crippen LogP) is 4.18. The Labute approximate surface area is 132 Å². The van der Waals surface area contributed by atoms with E-state index in [9.17, 15) is 31.1 Å². The van der Waals surface area contributed by atoms with Gasteiger partial charge in [-0.05, 0) is 41.8 Å². The maximum Gasteiger partial charge on any atom is 0.441 e. The molecule has 1 saturated carbocycles. The number of amides is 1. The molecule has 1 fully saturated rings. The summed E-state index contributed by atoms with van der Waals surface area (Å²) in [5.41, 5.74) is -4.46. The van der Waals surface area contributed by atoms with E-state index in [4.69, 9.17) is 0 Å². The van der Waals surface area contributed by atoms with E-state index in [-0.39, 0.29) is 41.8 Å². The van der Waals surface area contributed by atoms with Crippen molar-refractivity contribution in [2.24, 2.45) is 5.92 Å². The van der Waals surface area contributed by atoms with Crippen molar-refractivity contribution in [3.05, 3.63) is 35.4 Å². The minimum atomic E-state index is -4.41. The average Bonchev–Trinajstić information content (AvgIpc) is 3.22. The van der Waals surface area contributed by atoms with Crippen LogP contribution < -0.4 is 5.32 Å². The summed E-state index contributed by atoms with van der Waals surface area (Å²) in [5.74, 6) is -1.19. The van der Waals surface area contributed by atoms with Gasteiger partial charge >= 0.3 is 11.7 Å². The summed E-state index contributed by atoms with van der Waals surface area (Å²) < 4.78 is 73.1. The lowest BCUT2D eigenvalue weighted by Crippen LogP contribution is -2.28. The molecule has 1 amide bonds. The van der Waals surface area contributed by atoms with Crippen molar-refractivity contribution in [2.45, 2.75) is 24.0 Å². The zero-order valence-electron chi connectivity index (χ0n) is 11.7. The molecule has 0 aliphatic heterocycles. The van der Waals surface area contributed by atoms with Crippen LogP contribution in [0.2, 0.25) is 0 Å². The molecule has 9 heteroatoms. The predicted molar refractivity (Wildman–Crippen MR) is 73.8 cm³/mol. The highest BCUT2D eigenvalue weighted by Gasteiger charge is 2.44. The van der Waals surface area contributed by atoms with Crippen molar-refractivity contribution in [1.29, 1.82) is 0 Å². The van der Waals surface area contributed by atoms with Gasteiger partial charge in [0.15, 0.2) is 0 Å². The fraction of sp³-hybridized carbons (Fsp3) is 0.500. The Kier molecular flexibility index (Phi) is 5.17. The van der Waals surface area contributed by atoms with Crippen LogP contribution in [0.15, 0.2) is 24.3 Å². The number of nitrogens with one attached hydrogen (secondary N) is 1. The van der Waals surface area contributed by atoms with Crippen LogP contribution in [0.5, 0.6) is 0 Å². The SMILES string of the molecule is O=C(NCCSC(F)(F)F)C1CC1c1ccc(C(F)(F)F)cc1. The highest BCUT2D eigenvalue weighted by Crippen LogP contribution is 2.48. The third-order valence-corrected chi connectivity index (χ3v) is 4.20. The van der Waals surface area contributed by atoms with Gasteiger partial charge in [-0.15, -0.1) is 0 Å². The van der Waals surface area contributed by atoms with Crippen molar-refractivity contribution in [3.8, 4) is 0 Å². The van der Waals surface area contributed by atoms with Gasteiger partial charge in [0.05, 0.1) is 5.56 Å². The second-order valence-electron chi connectivity index (χ2n) is 5.15. The summed E-state index contributed by atoms with van der Waals surface area (Å²) in [6.45, 7) is -0.0980. The molecule has 2 unspecified atom stereocenters. The number of thioether (sulfide) groups is 1. The molecule has 1 aromatic carbocycles. The van der Waals surface area contributed by atoms with E-state index in [2.05, 4.69) is 5.32 Å². The fourth-order valence-electron chi connectivity index (χ4n) is 2.24. The molecule has 0 bridgehead atoms. The smallest absolute Gasteiger partial charge is 0.355 e. The Morgan fingerprint density at radius 2 is 1.74 bits per heavy atom. The lowest BCUT2D eigenvalue weighted by molar-refractivity contribution is -0.137. The molecule has 0 aromatic heterocycles. The molecular formula is C14H13F6NOS. The highest BCUT2D eigenvalue weighted by molar-refractivity contribution is 8.00. The molecule has 2 rings (SSSR count). The molecule has 23 heavy (non-hydrogen) atoms. The molecule has 0 heterocycles. The molecule has 1 aromatic rings. The standard InChI is InChI=1S/C14H13F6NOS/c15-13(16,17)9-3-1-8(2-4-9)10-7-11(10)12(22)21-5-6-23-14(18,19)20/h1-4,10-11H,5-7H2,(H,21,22). The van der Waals surface area contributed by atoms with Crippen LogP contribution in [0.3, 0.4) is 0 Å². The van der Waals surface area contributed by atoms with Crippen molar-refractivity contribution in [2.75, 3.05) is 12.3 Å². The lowest BCUT2D eigenvalue weighted by atomic mass is 10.1. The van der Waals surface area contributed by atoms with Crippen LogP contribution in [0.4, 0.5) is 26.3 Å². The van der Waals surface area contributed by atoms with E-state index in [0.717, 1.165) is 12.1 Å². The monoisotopic (exact) mass is 357 g/mol. The van der Waals surface area contributed by atoms with Crippen molar-refractivity contribution in [3.63, 3.8) is 0 Å². The average molecular weight is 357 g/mol. The molecule has 2 nitrogen and oxygen atoms in total. The van der Waals surface area contributed by atoms with Crippen LogP contribution in [0.25, 0.3) is 0 Å². The number of hydrogen-bond acceptors (Lipinski definition) is 2. The summed E-state index contributed by atoms with van der Waals surface area (Å²) in [5, 5.41) is 2.41. The van der Waals surface area contributed by atoms with Gasteiger partial charge < -0.3 is 5.32 Å². The third kappa shape index (κ3) is 5.33. The summed E-state index contributed by atoms with van der Waals surface area (Å²) in [6.07, 6.45) is -3.92. The van der Waals surface area contributed by atoms with Gasteiger partial charge in [-0.3, -0.25) is 4.79 Å². The van der Waals surface area contributed by atoms with Gasteiger partial charge in [0.25, 0.3) is 0 Å². The number of halogens is 6. The number of benzene rings is 1. The topological polar surface area (TPSA) is 29.1 Å². The normalized spacial score (nSPS) is 21.1. The number of rotatable bonds is 5. The van der Waals surface area contributed by atoms with E-state index in [0.29, 0.717) is 12.0 Å². The molecule has 2 atom stereocenters. The maximum atomic E-state index is 12.5. The van der Waals surface area contributed by atoms with E-state index < -0.39 is 17.2 Å². The van der Waals surface area contributed by atoms with E-state index in [1.807, 2.05) is 0 Å². The summed E-state index contributed by atoms with van der Waals surface area (Å²) in [4.78, 5) is 11.8. The minimum absolute atomic E-state index is 0.0980. The van der Waals surface area contributed by atoms with Crippen LogP contribution in [-0.2, 0) is 11.0 Å². The van der Waals surface area contributed by atoms with Crippen molar-refractivity contribution in [1.82, 2.24) is 5.32 Å². The first-order valence-electron chi connectivity index (χ1n) is 6.73. The Hall–Kier alpha value is -1.38. The summed E-state index contributed by atoms with van der Waals surface area (Å²) >= 11 is -0.213. The van der Waals surface area contributed by atoms with Crippen molar-refractivity contribution < 1.29 is 31.1 Å². The second kappa shape index (κ2) is 6.62. The van der Waals surface area contributed by atoms with Gasteiger partial charge in [-0.25, -0.2) is 0 Å². The number of hydrogen-bond donors (Lipinski definition) is 1. The van der Waals surface area contributed by atoms with Crippen LogP contribution >= 0.6 is 11.8 Å². The number of alkyl halides is 6. The van der Waals surface area contributed by atoms with Gasteiger partial charge in [-0.2, -0.15) is 26.3 Å². The largest absolute Gasteiger partial charge is 0.441 e. The Morgan fingerprint density at radius 3 is 2.26 bits per heavy atom. The molecule has 0 spiro atoms. The first kappa shape index (κ1) is 18.0. The Morgan fingerprint density at radius 1 is 1.13 bits per heavy atom. The van der Waals surface area contributed by atoms with Crippen LogP contribution in [-0.4, -0.2) is 23.7 Å². The van der Waals surface area contributed by atoms with Crippen LogP contribution in [0, 0.1) is 5.92 Å². The first-order valence-corrected chi connectivity index (χ1v) is 7.72. The molecule has 0 saturated heterocycles. The molecule has 1 aliphatic rings. The number of carbonyl (C=O) groups excluding carboxylic acids is 1. The molecular weight excluding hydrogens is 344 g/mol. The fourth-order valence-corrected chi connectivity index (χ4v) is 2.68. The van der Waals surface area contributed by atoms with Gasteiger partial charge in [0, 0.05) is 18.2 Å². The minimum Gasteiger partial charge on any atom is -0.355 e. The first-order chi connectivity index (χ1) is 10.6. The number of carbonyl (C=O) groups is 1.